The number of rotatable bonds is 5. The molecule has 0 unspecified atom stereocenters. The first-order valence-electron chi connectivity index (χ1n) is 6.15. The summed E-state index contributed by atoms with van der Waals surface area (Å²) in [5.74, 6) is -0.545. The predicted molar refractivity (Wildman–Crippen MR) is 75.0 cm³/mol. The molecule has 2 aromatic heterocycles. The molecule has 2 rings (SSSR count). The van der Waals surface area contributed by atoms with Crippen LogP contribution in [0.2, 0.25) is 0 Å². The van der Waals surface area contributed by atoms with Gasteiger partial charge in [0.2, 0.25) is 10.0 Å². The van der Waals surface area contributed by atoms with Crippen LogP contribution in [-0.2, 0) is 20.5 Å². The van der Waals surface area contributed by atoms with Crippen molar-refractivity contribution in [3.8, 4) is 0 Å². The zero-order chi connectivity index (χ0) is 14.8. The van der Waals surface area contributed by atoms with Gasteiger partial charge in [-0.15, -0.1) is 0 Å². The molecule has 2 aromatic rings. The lowest BCUT2D eigenvalue weighted by Crippen LogP contribution is -2.20. The number of carbonyl (C=O) groups is 1. The maximum atomic E-state index is 11.8. The van der Waals surface area contributed by atoms with Crippen LogP contribution in [0.5, 0.6) is 0 Å². The van der Waals surface area contributed by atoms with Crippen LogP contribution in [0.3, 0.4) is 0 Å². The van der Waals surface area contributed by atoms with E-state index in [1.807, 2.05) is 0 Å². The number of nitrogens with zero attached hydrogens (tertiary/aromatic N) is 1. The van der Waals surface area contributed by atoms with Crippen molar-refractivity contribution in [1.82, 2.24) is 9.12 Å². The van der Waals surface area contributed by atoms with Crippen LogP contribution in [0, 0.1) is 0 Å². The fourth-order valence-electron chi connectivity index (χ4n) is 1.90. The highest BCUT2D eigenvalue weighted by Crippen LogP contribution is 2.17. The van der Waals surface area contributed by atoms with E-state index in [-0.39, 0.29) is 5.75 Å². The fourth-order valence-corrected chi connectivity index (χ4v) is 2.67. The van der Waals surface area contributed by atoms with Gasteiger partial charge in [-0.25, -0.2) is 17.9 Å². The summed E-state index contributed by atoms with van der Waals surface area (Å²) in [7, 11) is -1.97. The lowest BCUT2D eigenvalue weighted by atomic mass is 10.2. The Balaban J connectivity index is 2.42. The van der Waals surface area contributed by atoms with Gasteiger partial charge in [-0.2, -0.15) is 0 Å². The van der Waals surface area contributed by atoms with E-state index in [4.69, 9.17) is 4.74 Å². The molecule has 0 radical (unpaired) electrons. The van der Waals surface area contributed by atoms with Gasteiger partial charge in [-0.05, 0) is 37.7 Å². The van der Waals surface area contributed by atoms with E-state index in [2.05, 4.69) is 4.72 Å². The van der Waals surface area contributed by atoms with Gasteiger partial charge in [-0.1, -0.05) is 0 Å². The van der Waals surface area contributed by atoms with Crippen molar-refractivity contribution < 1.29 is 17.9 Å². The van der Waals surface area contributed by atoms with Crippen LogP contribution in [-0.4, -0.2) is 32.4 Å². The molecule has 0 spiro atoms. The van der Waals surface area contributed by atoms with Crippen LogP contribution >= 0.6 is 0 Å². The summed E-state index contributed by atoms with van der Waals surface area (Å²) in [5.41, 5.74) is 1.67. The maximum absolute atomic E-state index is 11.8. The molecular weight excluding hydrogens is 280 g/mol. The molecule has 0 saturated carbocycles. The Morgan fingerprint density at radius 1 is 1.35 bits per heavy atom. The molecule has 0 atom stereocenters. The lowest BCUT2D eigenvalue weighted by molar-refractivity contribution is 0.0529. The Bertz CT molecular complexity index is 734. The molecule has 0 aliphatic heterocycles. The van der Waals surface area contributed by atoms with Gasteiger partial charge in [0.15, 0.2) is 0 Å². The molecule has 20 heavy (non-hydrogen) atoms. The molecule has 0 amide bonds. The smallest absolute Gasteiger partial charge is 0.340 e. The summed E-state index contributed by atoms with van der Waals surface area (Å²) in [6.07, 6.45) is 3.45. The van der Waals surface area contributed by atoms with Crippen LogP contribution < -0.4 is 4.72 Å². The van der Waals surface area contributed by atoms with E-state index in [9.17, 15) is 13.2 Å². The molecule has 1 N–H and O–H groups in total. The molecule has 0 bridgehead atoms. The van der Waals surface area contributed by atoms with Gasteiger partial charge in [0.1, 0.15) is 0 Å². The lowest BCUT2D eigenvalue weighted by Gasteiger charge is -2.05. The van der Waals surface area contributed by atoms with Gasteiger partial charge in [0.25, 0.3) is 0 Å². The second kappa shape index (κ2) is 5.64. The highest BCUT2D eigenvalue weighted by atomic mass is 32.2. The summed E-state index contributed by atoms with van der Waals surface area (Å²) in [5, 5.41) is 0. The Morgan fingerprint density at radius 2 is 2.05 bits per heavy atom. The highest BCUT2D eigenvalue weighted by molar-refractivity contribution is 7.88. The summed E-state index contributed by atoms with van der Waals surface area (Å²) in [6, 6.07) is 5.04. The summed E-state index contributed by atoms with van der Waals surface area (Å²) >= 11 is 0. The summed E-state index contributed by atoms with van der Waals surface area (Å²) in [6.45, 7) is 2.03. The minimum atomic E-state index is -3.34. The topological polar surface area (TPSA) is 76.9 Å². The average molecular weight is 296 g/mol. The number of aromatic nitrogens is 1. The van der Waals surface area contributed by atoms with Crippen molar-refractivity contribution >= 4 is 21.5 Å². The first-order chi connectivity index (χ1) is 9.46. The molecule has 0 aromatic carbocycles. The van der Waals surface area contributed by atoms with Crippen molar-refractivity contribution in [2.24, 2.45) is 0 Å². The number of pyridine rings is 1. The molecule has 0 aliphatic rings. The van der Waals surface area contributed by atoms with Gasteiger partial charge in [0, 0.05) is 12.4 Å². The minimum Gasteiger partial charge on any atom is -0.462 e. The second-order valence-corrected chi connectivity index (χ2v) is 6.17. The molecule has 2 heterocycles. The predicted octanol–water partition coefficient (Wildman–Crippen LogP) is 1.17. The zero-order valence-corrected chi connectivity index (χ0v) is 12.1. The third-order valence-corrected chi connectivity index (χ3v) is 4.23. The number of carbonyl (C=O) groups excluding carboxylic acids is 1. The zero-order valence-electron chi connectivity index (χ0n) is 11.3. The van der Waals surface area contributed by atoms with E-state index in [0.29, 0.717) is 23.3 Å². The molecule has 6 nitrogen and oxygen atoms in total. The monoisotopic (exact) mass is 296 g/mol. The van der Waals surface area contributed by atoms with Gasteiger partial charge in [-0.3, -0.25) is 0 Å². The highest BCUT2D eigenvalue weighted by Gasteiger charge is 2.14. The molecule has 7 heteroatoms. The second-order valence-electron chi connectivity index (χ2n) is 4.24. The van der Waals surface area contributed by atoms with Crippen LogP contribution in [0.15, 0.2) is 30.6 Å². The molecule has 108 valence electrons. The first kappa shape index (κ1) is 14.5. The third-order valence-electron chi connectivity index (χ3n) is 2.89. The average Bonchev–Trinajstić information content (AvgIpc) is 2.81. The number of ether oxygens (including phenoxy) is 1. The normalized spacial score (nSPS) is 11.7. The Labute approximate surface area is 117 Å². The SMILES string of the molecule is CCOC(=O)c1ccn2ccc(CS(=O)(=O)NC)cc12. The van der Waals surface area contributed by atoms with Gasteiger partial charge in [0.05, 0.1) is 23.4 Å². The largest absolute Gasteiger partial charge is 0.462 e. The van der Waals surface area contributed by atoms with Crippen molar-refractivity contribution in [3.63, 3.8) is 0 Å². The summed E-state index contributed by atoms with van der Waals surface area (Å²) < 4.78 is 32.1. The fraction of sp³-hybridized carbons (Fsp3) is 0.308. The van der Waals surface area contributed by atoms with Crippen molar-refractivity contribution in [3.05, 3.63) is 41.7 Å². The number of hydrogen-bond donors (Lipinski definition) is 1. The first-order valence-corrected chi connectivity index (χ1v) is 7.80. The van der Waals surface area contributed by atoms with Gasteiger partial charge >= 0.3 is 5.97 Å². The van der Waals surface area contributed by atoms with Crippen LogP contribution in [0.1, 0.15) is 22.8 Å². The number of hydrogen-bond acceptors (Lipinski definition) is 4. The Morgan fingerprint density at radius 3 is 2.70 bits per heavy atom. The molecule has 0 aliphatic carbocycles. The van der Waals surface area contributed by atoms with Crippen molar-refractivity contribution in [2.75, 3.05) is 13.7 Å². The Kier molecular flexibility index (Phi) is 4.10. The maximum Gasteiger partial charge on any atom is 0.340 e. The Hall–Kier alpha value is -1.86. The van der Waals surface area contributed by atoms with E-state index in [1.54, 1.807) is 41.9 Å². The molecular formula is C13H16N2O4S. The standard InChI is InChI=1S/C13H16N2O4S/c1-3-19-13(16)11-5-7-15-6-4-10(8-12(11)15)9-20(17,18)14-2/h4-8,14H,3,9H2,1-2H3. The summed E-state index contributed by atoms with van der Waals surface area (Å²) in [4.78, 5) is 11.8. The number of sulfonamides is 1. The van der Waals surface area contributed by atoms with E-state index in [1.165, 1.54) is 7.05 Å². The number of esters is 1. The minimum absolute atomic E-state index is 0.132. The van der Waals surface area contributed by atoms with E-state index in [0.717, 1.165) is 0 Å². The quantitative estimate of drug-likeness (QED) is 0.840. The number of nitrogens with one attached hydrogen (secondary N) is 1. The molecule has 0 saturated heterocycles. The number of fused-ring (bicyclic) bond motifs is 1. The third kappa shape index (κ3) is 3.00. The van der Waals surface area contributed by atoms with E-state index >= 15 is 0 Å². The van der Waals surface area contributed by atoms with Crippen molar-refractivity contribution in [2.45, 2.75) is 12.7 Å². The van der Waals surface area contributed by atoms with Crippen LogP contribution in [0.25, 0.3) is 5.52 Å². The van der Waals surface area contributed by atoms with Crippen molar-refractivity contribution in [1.29, 1.82) is 0 Å². The van der Waals surface area contributed by atoms with Crippen LogP contribution in [0.4, 0.5) is 0 Å². The van der Waals surface area contributed by atoms with E-state index < -0.39 is 16.0 Å². The molecule has 0 fully saturated rings. The van der Waals surface area contributed by atoms with Gasteiger partial charge < -0.3 is 9.14 Å².